The Hall–Kier alpha value is -1.08. The summed E-state index contributed by atoms with van der Waals surface area (Å²) in [5.41, 5.74) is 2.54. The Balaban J connectivity index is 1.60. The van der Waals surface area contributed by atoms with Crippen LogP contribution >= 0.6 is 23.7 Å². The van der Waals surface area contributed by atoms with E-state index in [4.69, 9.17) is 11.6 Å². The van der Waals surface area contributed by atoms with Gasteiger partial charge in [0.05, 0.1) is 10.7 Å². The van der Waals surface area contributed by atoms with Crippen LogP contribution in [0.1, 0.15) is 51.1 Å². The number of H-pyrrole nitrogens is 1. The number of hydrogen-bond donors (Lipinski definition) is 3. The van der Waals surface area contributed by atoms with Gasteiger partial charge in [-0.15, -0.1) is 0 Å². The predicted molar refractivity (Wildman–Crippen MR) is 103 cm³/mol. The maximum absolute atomic E-state index is 13.1. The van der Waals surface area contributed by atoms with Gasteiger partial charge in [0.25, 0.3) is 0 Å². The largest absolute Gasteiger partial charge is 0.280 e. The fourth-order valence-electron chi connectivity index (χ4n) is 3.15. The Kier molecular flexibility index (Phi) is 6.39. The average molecular weight is 383 g/mol. The molecule has 7 heteroatoms. The molecule has 0 atom stereocenters. The Morgan fingerprint density at radius 2 is 1.88 bits per heavy atom. The van der Waals surface area contributed by atoms with Crippen molar-refractivity contribution < 1.29 is 4.39 Å². The summed E-state index contributed by atoms with van der Waals surface area (Å²) in [5.74, 6) is 0.140. The highest BCUT2D eigenvalue weighted by atomic mass is 35.5. The molecule has 136 valence electrons. The molecule has 1 heterocycles. The third kappa shape index (κ3) is 4.76. The number of nitrogens with one attached hydrogen (secondary N) is 3. The van der Waals surface area contributed by atoms with Gasteiger partial charge in [0, 0.05) is 35.7 Å². The molecule has 0 radical (unpaired) electrons. The molecule has 4 nitrogen and oxygen atoms in total. The summed E-state index contributed by atoms with van der Waals surface area (Å²) in [4.78, 5) is 0. The number of rotatable bonds is 6. The molecule has 1 aromatic carbocycles. The maximum atomic E-state index is 13.1. The third-order valence-electron chi connectivity index (χ3n) is 4.51. The van der Waals surface area contributed by atoms with E-state index in [1.807, 2.05) is 0 Å². The molecule has 3 rings (SSSR count). The van der Waals surface area contributed by atoms with Crippen LogP contribution in [0, 0.1) is 5.82 Å². The van der Waals surface area contributed by atoms with Gasteiger partial charge >= 0.3 is 0 Å². The Morgan fingerprint density at radius 3 is 2.52 bits per heavy atom. The van der Waals surface area contributed by atoms with E-state index in [9.17, 15) is 4.39 Å². The van der Waals surface area contributed by atoms with Gasteiger partial charge in [-0.1, -0.05) is 11.6 Å². The topological polar surface area (TPSA) is 52.7 Å². The summed E-state index contributed by atoms with van der Waals surface area (Å²) in [7, 11) is 0. The highest BCUT2D eigenvalue weighted by Gasteiger charge is 2.26. The van der Waals surface area contributed by atoms with Gasteiger partial charge in [0.1, 0.15) is 11.5 Å². The standard InChI is InChI=1S/C18H24ClFN4S/c1-11(2)23-25-24-15-9-5-13(6-10-15)18-16(19)17(21-22-18)12-3-7-14(20)8-4-12/h3-4,7-8,11,13,15,23-24H,5-6,9-10H2,1-2H3,(H,21,22). The van der Waals surface area contributed by atoms with Crippen molar-refractivity contribution in [2.75, 3.05) is 0 Å². The lowest BCUT2D eigenvalue weighted by Gasteiger charge is -2.28. The van der Waals surface area contributed by atoms with Gasteiger partial charge in [0.15, 0.2) is 0 Å². The van der Waals surface area contributed by atoms with Crippen molar-refractivity contribution in [1.29, 1.82) is 0 Å². The predicted octanol–water partition coefficient (Wildman–Crippen LogP) is 5.05. The number of benzene rings is 1. The summed E-state index contributed by atoms with van der Waals surface area (Å²) >= 11 is 8.16. The van der Waals surface area contributed by atoms with E-state index in [-0.39, 0.29) is 5.82 Å². The van der Waals surface area contributed by atoms with E-state index < -0.39 is 0 Å². The van der Waals surface area contributed by atoms with Crippen LogP contribution in [0.15, 0.2) is 24.3 Å². The first-order chi connectivity index (χ1) is 12.0. The second-order valence-electron chi connectivity index (χ2n) is 6.85. The zero-order valence-corrected chi connectivity index (χ0v) is 16.1. The molecule has 1 aliphatic rings. The second kappa shape index (κ2) is 8.54. The van der Waals surface area contributed by atoms with Gasteiger partial charge in [0.2, 0.25) is 0 Å². The van der Waals surface area contributed by atoms with Crippen LogP contribution in [0.25, 0.3) is 11.3 Å². The minimum Gasteiger partial charge on any atom is -0.280 e. The Bertz CT molecular complexity index is 681. The average Bonchev–Trinajstić information content (AvgIpc) is 2.97. The van der Waals surface area contributed by atoms with Crippen molar-refractivity contribution >= 4 is 23.7 Å². The highest BCUT2D eigenvalue weighted by molar-refractivity contribution is 7.95. The second-order valence-corrected chi connectivity index (χ2v) is 7.90. The molecular weight excluding hydrogens is 359 g/mol. The summed E-state index contributed by atoms with van der Waals surface area (Å²) in [6.45, 7) is 4.26. The summed E-state index contributed by atoms with van der Waals surface area (Å²) in [5, 5.41) is 8.15. The van der Waals surface area contributed by atoms with Crippen LogP contribution in [0.4, 0.5) is 4.39 Å². The molecular formula is C18H24ClFN4S. The van der Waals surface area contributed by atoms with Crippen molar-refractivity contribution in [1.82, 2.24) is 19.6 Å². The van der Waals surface area contributed by atoms with E-state index in [1.165, 1.54) is 12.1 Å². The smallest absolute Gasteiger partial charge is 0.123 e. The van der Waals surface area contributed by atoms with Crippen LogP contribution < -0.4 is 9.44 Å². The van der Waals surface area contributed by atoms with Crippen molar-refractivity contribution in [3.05, 3.63) is 40.8 Å². The van der Waals surface area contributed by atoms with Gasteiger partial charge in [-0.05, 0) is 63.8 Å². The van der Waals surface area contributed by atoms with Gasteiger partial charge in [-0.25, -0.2) is 13.8 Å². The van der Waals surface area contributed by atoms with Gasteiger partial charge in [-0.3, -0.25) is 5.10 Å². The van der Waals surface area contributed by atoms with E-state index in [1.54, 1.807) is 24.3 Å². The first-order valence-corrected chi connectivity index (χ1v) is 9.90. The molecule has 0 bridgehead atoms. The first-order valence-electron chi connectivity index (χ1n) is 8.71. The number of halogens is 2. The van der Waals surface area contributed by atoms with Crippen LogP contribution in [0.2, 0.25) is 5.02 Å². The minimum atomic E-state index is -0.258. The molecule has 1 aromatic heterocycles. The maximum Gasteiger partial charge on any atom is 0.123 e. The number of aromatic amines is 1. The van der Waals surface area contributed by atoms with Gasteiger partial charge < -0.3 is 0 Å². The lowest BCUT2D eigenvalue weighted by Crippen LogP contribution is -2.31. The quantitative estimate of drug-likeness (QED) is 0.612. The Labute approximate surface area is 157 Å². The number of aromatic nitrogens is 2. The van der Waals surface area contributed by atoms with E-state index in [2.05, 4.69) is 33.5 Å². The molecule has 1 fully saturated rings. The fourth-order valence-corrected chi connectivity index (χ4v) is 4.20. The monoisotopic (exact) mass is 382 g/mol. The molecule has 1 aliphatic carbocycles. The molecule has 0 spiro atoms. The molecule has 3 N–H and O–H groups in total. The lowest BCUT2D eigenvalue weighted by molar-refractivity contribution is 0.376. The molecule has 1 saturated carbocycles. The lowest BCUT2D eigenvalue weighted by atomic mass is 9.84. The van der Waals surface area contributed by atoms with E-state index in [0.29, 0.717) is 28.7 Å². The molecule has 25 heavy (non-hydrogen) atoms. The summed E-state index contributed by atoms with van der Waals surface area (Å²) in [6.07, 6.45) is 4.37. The number of hydrogen-bond acceptors (Lipinski definition) is 4. The van der Waals surface area contributed by atoms with Crippen LogP contribution in [-0.2, 0) is 0 Å². The van der Waals surface area contributed by atoms with E-state index >= 15 is 0 Å². The van der Waals surface area contributed by atoms with Crippen molar-refractivity contribution in [2.24, 2.45) is 0 Å². The van der Waals surface area contributed by atoms with Crippen molar-refractivity contribution in [2.45, 2.75) is 57.5 Å². The summed E-state index contributed by atoms with van der Waals surface area (Å²) < 4.78 is 19.9. The van der Waals surface area contributed by atoms with Crippen LogP contribution in [0.3, 0.4) is 0 Å². The highest BCUT2D eigenvalue weighted by Crippen LogP contribution is 2.39. The molecule has 2 aromatic rings. The molecule has 0 saturated heterocycles. The first kappa shape index (κ1) is 18.7. The fraction of sp³-hybridized carbons (Fsp3) is 0.500. The van der Waals surface area contributed by atoms with Crippen molar-refractivity contribution in [3.63, 3.8) is 0 Å². The summed E-state index contributed by atoms with van der Waals surface area (Å²) in [6, 6.07) is 7.26. The Morgan fingerprint density at radius 1 is 1.20 bits per heavy atom. The van der Waals surface area contributed by atoms with E-state index in [0.717, 1.165) is 36.9 Å². The molecule has 0 aliphatic heterocycles. The number of nitrogens with zero attached hydrogens (tertiary/aromatic N) is 1. The normalized spacial score (nSPS) is 21.0. The van der Waals surface area contributed by atoms with Crippen molar-refractivity contribution in [3.8, 4) is 11.3 Å². The third-order valence-corrected chi connectivity index (χ3v) is 5.93. The SMILES string of the molecule is CC(C)NSNC1CCC(c2[nH]nc(-c3ccc(F)cc3)c2Cl)CC1. The zero-order chi connectivity index (χ0) is 17.8. The van der Waals surface area contributed by atoms with Crippen LogP contribution in [-0.4, -0.2) is 22.3 Å². The van der Waals surface area contributed by atoms with Gasteiger partial charge in [-0.2, -0.15) is 5.10 Å². The van der Waals surface area contributed by atoms with Crippen LogP contribution in [0.5, 0.6) is 0 Å². The molecule has 0 unspecified atom stereocenters. The minimum absolute atomic E-state index is 0.258. The molecule has 0 amide bonds. The zero-order valence-electron chi connectivity index (χ0n) is 14.5.